The maximum absolute atomic E-state index is 5.87. The van der Waals surface area contributed by atoms with Crippen LogP contribution < -0.4 is 10.1 Å². The number of benzene rings is 2. The van der Waals surface area contributed by atoms with E-state index in [9.17, 15) is 0 Å². The van der Waals surface area contributed by atoms with Gasteiger partial charge in [-0.3, -0.25) is 0 Å². The van der Waals surface area contributed by atoms with E-state index in [1.165, 1.54) is 16.7 Å². The minimum Gasteiger partial charge on any atom is -0.491 e. The molecule has 0 aliphatic carbocycles. The van der Waals surface area contributed by atoms with Crippen LogP contribution in [-0.2, 0) is 29.2 Å². The number of hydrogen-bond donors (Lipinski definition) is 1. The van der Waals surface area contributed by atoms with Crippen LogP contribution in [-0.4, -0.2) is 24.9 Å². The summed E-state index contributed by atoms with van der Waals surface area (Å²) < 4.78 is 17.3. The van der Waals surface area contributed by atoms with Gasteiger partial charge < -0.3 is 19.5 Å². The van der Waals surface area contributed by atoms with Gasteiger partial charge in [-0.15, -0.1) is 0 Å². The van der Waals surface area contributed by atoms with E-state index in [1.54, 1.807) is 0 Å². The van der Waals surface area contributed by atoms with Gasteiger partial charge in [0.05, 0.1) is 18.3 Å². The third-order valence-electron chi connectivity index (χ3n) is 4.70. The predicted octanol–water partition coefficient (Wildman–Crippen LogP) is 4.85. The second-order valence-corrected chi connectivity index (χ2v) is 8.41. The summed E-state index contributed by atoms with van der Waals surface area (Å²) in [5, 5.41) is 3.51. The first-order valence-electron chi connectivity index (χ1n) is 10.2. The van der Waals surface area contributed by atoms with Crippen LogP contribution in [0.3, 0.4) is 0 Å². The molecular formula is C24H33NO3. The highest BCUT2D eigenvalue weighted by atomic mass is 16.5. The summed E-state index contributed by atoms with van der Waals surface area (Å²) in [6.45, 7) is 10.1. The highest BCUT2D eigenvalue weighted by molar-refractivity contribution is 5.27. The molecule has 1 heterocycles. The van der Waals surface area contributed by atoms with Gasteiger partial charge in [-0.25, -0.2) is 0 Å². The molecular weight excluding hydrogens is 350 g/mol. The Kier molecular flexibility index (Phi) is 7.49. The zero-order valence-corrected chi connectivity index (χ0v) is 17.4. The smallest absolute Gasteiger partial charge is 0.119 e. The molecule has 1 unspecified atom stereocenters. The molecule has 0 amide bonds. The Labute approximate surface area is 169 Å². The summed E-state index contributed by atoms with van der Waals surface area (Å²) in [6, 6.07) is 16.9. The van der Waals surface area contributed by atoms with Crippen LogP contribution in [0.25, 0.3) is 0 Å². The SMILES string of the molecule is CC(C)(C)OCc1cccc(CNCc2ccc(OCC3CCCO3)cc2)c1. The summed E-state index contributed by atoms with van der Waals surface area (Å²) in [5.74, 6) is 0.908. The topological polar surface area (TPSA) is 39.7 Å². The van der Waals surface area contributed by atoms with Gasteiger partial charge in [-0.2, -0.15) is 0 Å². The molecule has 0 bridgehead atoms. The fourth-order valence-corrected chi connectivity index (χ4v) is 3.15. The zero-order chi connectivity index (χ0) is 19.8. The first-order valence-corrected chi connectivity index (χ1v) is 10.2. The lowest BCUT2D eigenvalue weighted by atomic mass is 10.1. The molecule has 2 aromatic carbocycles. The molecule has 1 fully saturated rings. The van der Waals surface area contributed by atoms with Crippen molar-refractivity contribution in [3.63, 3.8) is 0 Å². The van der Waals surface area contributed by atoms with Crippen molar-refractivity contribution in [1.29, 1.82) is 0 Å². The normalized spacial score (nSPS) is 17.0. The molecule has 1 N–H and O–H groups in total. The van der Waals surface area contributed by atoms with Crippen molar-refractivity contribution in [2.75, 3.05) is 13.2 Å². The maximum Gasteiger partial charge on any atom is 0.119 e. The molecule has 152 valence electrons. The van der Waals surface area contributed by atoms with E-state index in [0.29, 0.717) is 13.2 Å². The van der Waals surface area contributed by atoms with Crippen LogP contribution >= 0.6 is 0 Å². The molecule has 4 nitrogen and oxygen atoms in total. The van der Waals surface area contributed by atoms with E-state index in [-0.39, 0.29) is 11.7 Å². The lowest BCUT2D eigenvalue weighted by Crippen LogP contribution is -2.18. The number of rotatable bonds is 9. The summed E-state index contributed by atoms with van der Waals surface area (Å²) in [4.78, 5) is 0. The van der Waals surface area contributed by atoms with Gasteiger partial charge in [0.1, 0.15) is 12.4 Å². The van der Waals surface area contributed by atoms with Gasteiger partial charge in [0.15, 0.2) is 0 Å². The number of ether oxygens (including phenoxy) is 3. The Hall–Kier alpha value is -1.88. The van der Waals surface area contributed by atoms with Crippen molar-refractivity contribution < 1.29 is 14.2 Å². The largest absolute Gasteiger partial charge is 0.491 e. The summed E-state index contributed by atoms with van der Waals surface area (Å²) in [5.41, 5.74) is 3.61. The van der Waals surface area contributed by atoms with Crippen LogP contribution in [0.2, 0.25) is 0 Å². The Morgan fingerprint density at radius 1 is 1.00 bits per heavy atom. The molecule has 1 saturated heterocycles. The monoisotopic (exact) mass is 383 g/mol. The third kappa shape index (κ3) is 7.27. The Balaban J connectivity index is 1.40. The second kappa shape index (κ2) is 10.1. The van der Waals surface area contributed by atoms with Crippen molar-refractivity contribution in [2.24, 2.45) is 0 Å². The van der Waals surface area contributed by atoms with Gasteiger partial charge in [0, 0.05) is 19.7 Å². The minimum absolute atomic E-state index is 0.117. The van der Waals surface area contributed by atoms with Crippen LogP contribution in [0.1, 0.15) is 50.3 Å². The van der Waals surface area contributed by atoms with Crippen molar-refractivity contribution in [2.45, 2.75) is 65.0 Å². The fraction of sp³-hybridized carbons (Fsp3) is 0.500. The van der Waals surface area contributed by atoms with Gasteiger partial charge >= 0.3 is 0 Å². The highest BCUT2D eigenvalue weighted by Crippen LogP contribution is 2.17. The zero-order valence-electron chi connectivity index (χ0n) is 17.4. The van der Waals surface area contributed by atoms with E-state index in [0.717, 1.165) is 38.3 Å². The molecule has 3 rings (SSSR count). The van der Waals surface area contributed by atoms with E-state index < -0.39 is 0 Å². The van der Waals surface area contributed by atoms with E-state index in [4.69, 9.17) is 14.2 Å². The van der Waals surface area contributed by atoms with E-state index >= 15 is 0 Å². The van der Waals surface area contributed by atoms with Crippen molar-refractivity contribution in [1.82, 2.24) is 5.32 Å². The molecule has 1 aliphatic heterocycles. The van der Waals surface area contributed by atoms with Gasteiger partial charge in [-0.1, -0.05) is 36.4 Å². The molecule has 0 spiro atoms. The summed E-state index contributed by atoms with van der Waals surface area (Å²) >= 11 is 0. The molecule has 0 saturated carbocycles. The Bertz CT molecular complexity index is 715. The van der Waals surface area contributed by atoms with Crippen LogP contribution in [0.15, 0.2) is 48.5 Å². The standard InChI is InChI=1S/C24H33NO3/c1-24(2,3)28-17-21-7-4-6-20(14-21)16-25-15-19-9-11-22(12-10-19)27-18-23-8-5-13-26-23/h4,6-7,9-12,14,23,25H,5,8,13,15-18H2,1-3H3. The van der Waals surface area contributed by atoms with Gasteiger partial charge in [0.2, 0.25) is 0 Å². The number of nitrogens with one attached hydrogen (secondary N) is 1. The lowest BCUT2D eigenvalue weighted by molar-refractivity contribution is -0.0149. The molecule has 4 heteroatoms. The van der Waals surface area contributed by atoms with Crippen LogP contribution in [0.5, 0.6) is 5.75 Å². The van der Waals surface area contributed by atoms with Crippen LogP contribution in [0, 0.1) is 0 Å². The van der Waals surface area contributed by atoms with Crippen molar-refractivity contribution in [3.05, 3.63) is 65.2 Å². The summed E-state index contributed by atoms with van der Waals surface area (Å²) in [6.07, 6.45) is 2.50. The second-order valence-electron chi connectivity index (χ2n) is 8.41. The molecule has 0 aromatic heterocycles. The number of hydrogen-bond acceptors (Lipinski definition) is 4. The molecule has 1 aliphatic rings. The highest BCUT2D eigenvalue weighted by Gasteiger charge is 2.15. The van der Waals surface area contributed by atoms with Crippen molar-refractivity contribution >= 4 is 0 Å². The lowest BCUT2D eigenvalue weighted by Gasteiger charge is -2.19. The summed E-state index contributed by atoms with van der Waals surface area (Å²) in [7, 11) is 0. The molecule has 28 heavy (non-hydrogen) atoms. The van der Waals surface area contributed by atoms with Crippen molar-refractivity contribution in [3.8, 4) is 5.75 Å². The molecule has 1 atom stereocenters. The van der Waals surface area contributed by atoms with E-state index in [2.05, 4.69) is 62.5 Å². The average Bonchev–Trinajstić information content (AvgIpc) is 3.19. The fourth-order valence-electron chi connectivity index (χ4n) is 3.15. The van der Waals surface area contributed by atoms with Gasteiger partial charge in [0.25, 0.3) is 0 Å². The third-order valence-corrected chi connectivity index (χ3v) is 4.70. The maximum atomic E-state index is 5.87. The quantitative estimate of drug-likeness (QED) is 0.672. The average molecular weight is 384 g/mol. The first-order chi connectivity index (χ1) is 13.5. The molecule has 2 aromatic rings. The Morgan fingerprint density at radius 3 is 2.46 bits per heavy atom. The van der Waals surface area contributed by atoms with Gasteiger partial charge in [-0.05, 0) is 62.4 Å². The van der Waals surface area contributed by atoms with Crippen LogP contribution in [0.4, 0.5) is 0 Å². The van der Waals surface area contributed by atoms with E-state index in [1.807, 2.05) is 12.1 Å². The minimum atomic E-state index is -0.117. The first kappa shape index (κ1) is 20.8. The predicted molar refractivity (Wildman–Crippen MR) is 112 cm³/mol. The Morgan fingerprint density at radius 2 is 1.75 bits per heavy atom. The molecule has 0 radical (unpaired) electrons.